The van der Waals surface area contributed by atoms with Crippen LogP contribution >= 0.6 is 0 Å². The van der Waals surface area contributed by atoms with Crippen LogP contribution in [0.15, 0.2) is 35.1 Å². The van der Waals surface area contributed by atoms with Gasteiger partial charge in [-0.25, -0.2) is 0 Å². The number of carbonyl (C=O) groups excluding carboxylic acids is 4. The Labute approximate surface area is 191 Å². The molecule has 3 N–H and O–H groups in total. The summed E-state index contributed by atoms with van der Waals surface area (Å²) in [6.45, 7) is 5.83. The van der Waals surface area contributed by atoms with E-state index >= 15 is 0 Å². The first-order chi connectivity index (χ1) is 15.5. The molecular formula is C25H27N3O5. The summed E-state index contributed by atoms with van der Waals surface area (Å²) < 4.78 is 0. The van der Waals surface area contributed by atoms with Gasteiger partial charge in [-0.05, 0) is 48.4 Å². The van der Waals surface area contributed by atoms with E-state index in [1.807, 2.05) is 20.8 Å². The third kappa shape index (κ3) is 4.13. The number of H-pyrrole nitrogens is 1. The highest BCUT2D eigenvalue weighted by atomic mass is 16.2. The molecule has 1 aromatic heterocycles. The van der Waals surface area contributed by atoms with E-state index < -0.39 is 16.9 Å². The van der Waals surface area contributed by atoms with Crippen LogP contribution in [0, 0.1) is 5.41 Å². The lowest BCUT2D eigenvalue weighted by molar-refractivity contribution is -0.138. The van der Waals surface area contributed by atoms with E-state index in [0.717, 1.165) is 5.56 Å². The van der Waals surface area contributed by atoms with Gasteiger partial charge in [0.1, 0.15) is 5.56 Å². The van der Waals surface area contributed by atoms with Crippen LogP contribution in [0.4, 0.5) is 5.69 Å². The standard InChI is InChI=1S/C25H27N3O5/c1-4-25(10-9-20(30)28-23(25)33)14-5-7-15(8-6-14)26-21(31)17-11-16-18(27-22(17)32)12-24(2,3)13-19(16)29/h5-8,11H,4,9-10,12-13H2,1-3H3,(H,26,31)(H,27,32)(H,28,30,33). The molecule has 2 aromatic rings. The maximum absolute atomic E-state index is 12.8. The number of hydrogen-bond donors (Lipinski definition) is 3. The molecule has 0 radical (unpaired) electrons. The van der Waals surface area contributed by atoms with Crippen molar-refractivity contribution in [3.63, 3.8) is 0 Å². The van der Waals surface area contributed by atoms with Gasteiger partial charge in [0.05, 0.1) is 5.41 Å². The van der Waals surface area contributed by atoms with E-state index in [9.17, 15) is 24.0 Å². The van der Waals surface area contributed by atoms with E-state index in [4.69, 9.17) is 0 Å². The third-order valence-corrected chi connectivity index (χ3v) is 6.73. The molecule has 0 bridgehead atoms. The molecule has 1 aromatic carbocycles. The summed E-state index contributed by atoms with van der Waals surface area (Å²) in [5.41, 5.74) is 0.466. The van der Waals surface area contributed by atoms with Gasteiger partial charge in [-0.2, -0.15) is 0 Å². The van der Waals surface area contributed by atoms with Gasteiger partial charge in [0, 0.05) is 29.8 Å². The number of hydrogen-bond acceptors (Lipinski definition) is 5. The zero-order valence-corrected chi connectivity index (χ0v) is 19.0. The highest BCUT2D eigenvalue weighted by Gasteiger charge is 2.42. The summed E-state index contributed by atoms with van der Waals surface area (Å²) in [5, 5.41) is 5.11. The second-order valence-electron chi connectivity index (χ2n) is 9.69. The minimum Gasteiger partial charge on any atom is -0.325 e. The maximum Gasteiger partial charge on any atom is 0.261 e. The molecule has 0 saturated carbocycles. The number of nitrogens with one attached hydrogen (secondary N) is 3. The second kappa shape index (κ2) is 8.10. The lowest BCUT2D eigenvalue weighted by Gasteiger charge is -2.35. The van der Waals surface area contributed by atoms with Crippen molar-refractivity contribution in [2.45, 2.75) is 58.3 Å². The van der Waals surface area contributed by atoms with Crippen molar-refractivity contribution in [3.05, 3.63) is 63.1 Å². The molecular weight excluding hydrogens is 422 g/mol. The number of rotatable bonds is 4. The second-order valence-corrected chi connectivity index (χ2v) is 9.69. The van der Waals surface area contributed by atoms with Crippen molar-refractivity contribution >= 4 is 29.2 Å². The number of piperidine rings is 1. The Morgan fingerprint density at radius 3 is 2.39 bits per heavy atom. The SMILES string of the molecule is CCC1(c2ccc(NC(=O)c3cc4c([nH]c3=O)CC(C)(C)CC4=O)cc2)CCC(=O)NC1=O. The summed E-state index contributed by atoms with van der Waals surface area (Å²) in [5.74, 6) is -1.29. The fraction of sp³-hybridized carbons (Fsp3) is 0.400. The summed E-state index contributed by atoms with van der Waals surface area (Å²) in [4.78, 5) is 64.7. The Balaban J connectivity index is 1.56. The van der Waals surface area contributed by atoms with Crippen LogP contribution in [0.3, 0.4) is 0 Å². The largest absolute Gasteiger partial charge is 0.325 e. The number of amides is 3. The Hall–Kier alpha value is -3.55. The van der Waals surface area contributed by atoms with E-state index in [1.165, 1.54) is 6.07 Å². The first-order valence-electron chi connectivity index (χ1n) is 11.1. The molecule has 2 heterocycles. The van der Waals surface area contributed by atoms with Crippen LogP contribution < -0.4 is 16.2 Å². The fourth-order valence-corrected chi connectivity index (χ4v) is 4.83. The van der Waals surface area contributed by atoms with Crippen LogP contribution in [0.2, 0.25) is 0 Å². The van der Waals surface area contributed by atoms with Gasteiger partial charge < -0.3 is 10.3 Å². The number of imide groups is 1. The Kier molecular flexibility index (Phi) is 5.56. The zero-order valence-electron chi connectivity index (χ0n) is 19.0. The Morgan fingerprint density at radius 1 is 1.06 bits per heavy atom. The van der Waals surface area contributed by atoms with Gasteiger partial charge in [-0.15, -0.1) is 0 Å². The molecule has 8 heteroatoms. The van der Waals surface area contributed by atoms with Gasteiger partial charge >= 0.3 is 0 Å². The number of benzene rings is 1. The van der Waals surface area contributed by atoms with Crippen LogP contribution in [0.5, 0.6) is 0 Å². The maximum atomic E-state index is 12.8. The molecule has 33 heavy (non-hydrogen) atoms. The van der Waals surface area contributed by atoms with Gasteiger partial charge in [0.15, 0.2) is 5.78 Å². The van der Waals surface area contributed by atoms with E-state index in [2.05, 4.69) is 15.6 Å². The number of aromatic amines is 1. The van der Waals surface area contributed by atoms with Crippen LogP contribution in [-0.4, -0.2) is 28.5 Å². The molecule has 172 valence electrons. The minimum absolute atomic E-state index is 0.0926. The number of carbonyl (C=O) groups is 4. The molecule has 8 nitrogen and oxygen atoms in total. The third-order valence-electron chi connectivity index (χ3n) is 6.73. The first kappa shape index (κ1) is 22.6. The molecule has 4 rings (SSSR count). The van der Waals surface area contributed by atoms with Crippen molar-refractivity contribution < 1.29 is 19.2 Å². The molecule has 1 atom stereocenters. The van der Waals surface area contributed by atoms with Crippen LogP contribution in [-0.2, 0) is 21.4 Å². The van der Waals surface area contributed by atoms with Gasteiger partial charge in [0.25, 0.3) is 11.5 Å². The summed E-state index contributed by atoms with van der Waals surface area (Å²) in [7, 11) is 0. The normalized spacial score (nSPS) is 21.8. The highest BCUT2D eigenvalue weighted by molar-refractivity contribution is 6.07. The monoisotopic (exact) mass is 449 g/mol. The lowest BCUT2D eigenvalue weighted by Crippen LogP contribution is -2.51. The number of Topliss-reactive ketones (excluding diaryl/α,β-unsaturated/α-hetero) is 1. The smallest absolute Gasteiger partial charge is 0.261 e. The Morgan fingerprint density at radius 2 is 1.76 bits per heavy atom. The fourth-order valence-electron chi connectivity index (χ4n) is 4.83. The van der Waals surface area contributed by atoms with Gasteiger partial charge in [-0.3, -0.25) is 29.3 Å². The summed E-state index contributed by atoms with van der Waals surface area (Å²) >= 11 is 0. The minimum atomic E-state index is -0.791. The molecule has 1 fully saturated rings. The molecule has 1 saturated heterocycles. The number of fused-ring (bicyclic) bond motifs is 1. The molecule has 2 aliphatic rings. The molecule has 1 aliphatic carbocycles. The van der Waals surface area contributed by atoms with Gasteiger partial charge in [-0.1, -0.05) is 32.9 Å². The van der Waals surface area contributed by atoms with E-state index in [1.54, 1.807) is 24.3 Å². The van der Waals surface area contributed by atoms with Crippen molar-refractivity contribution in [3.8, 4) is 0 Å². The number of ketones is 1. The number of aromatic nitrogens is 1. The van der Waals surface area contributed by atoms with Crippen molar-refractivity contribution in [1.82, 2.24) is 10.3 Å². The predicted molar refractivity (Wildman–Crippen MR) is 122 cm³/mol. The average Bonchev–Trinajstić information content (AvgIpc) is 2.73. The average molecular weight is 450 g/mol. The van der Waals surface area contributed by atoms with Crippen molar-refractivity contribution in [2.24, 2.45) is 5.41 Å². The first-order valence-corrected chi connectivity index (χ1v) is 11.1. The van der Waals surface area contributed by atoms with E-state index in [0.29, 0.717) is 42.6 Å². The molecule has 0 spiro atoms. The summed E-state index contributed by atoms with van der Waals surface area (Å²) in [6, 6.07) is 8.20. The number of pyridine rings is 1. The Bertz CT molecular complexity index is 1230. The van der Waals surface area contributed by atoms with Gasteiger partial charge in [0.2, 0.25) is 11.8 Å². The van der Waals surface area contributed by atoms with Crippen LogP contribution in [0.25, 0.3) is 0 Å². The zero-order chi connectivity index (χ0) is 24.0. The van der Waals surface area contributed by atoms with Crippen LogP contribution in [0.1, 0.15) is 78.4 Å². The lowest BCUT2D eigenvalue weighted by atomic mass is 9.72. The number of anilines is 1. The molecule has 1 aliphatic heterocycles. The molecule has 1 unspecified atom stereocenters. The quantitative estimate of drug-likeness (QED) is 0.619. The molecule has 3 amide bonds. The topological polar surface area (TPSA) is 125 Å². The van der Waals surface area contributed by atoms with Crippen molar-refractivity contribution in [1.29, 1.82) is 0 Å². The van der Waals surface area contributed by atoms with E-state index in [-0.39, 0.29) is 35.0 Å². The predicted octanol–water partition coefficient (Wildman–Crippen LogP) is 2.87. The van der Waals surface area contributed by atoms with Crippen molar-refractivity contribution in [2.75, 3.05) is 5.32 Å². The highest BCUT2D eigenvalue weighted by Crippen LogP contribution is 2.36. The summed E-state index contributed by atoms with van der Waals surface area (Å²) in [6.07, 6.45) is 2.15.